The minimum absolute atomic E-state index is 0.0848. The summed E-state index contributed by atoms with van der Waals surface area (Å²) < 4.78 is 20.2. The fraction of sp³-hybridized carbons (Fsp3) is 0.600. The molecule has 100 valence electrons. The Hall–Kier alpha value is -1.18. The van der Waals surface area contributed by atoms with Gasteiger partial charge in [0.2, 0.25) is 0 Å². The van der Waals surface area contributed by atoms with Crippen molar-refractivity contribution in [2.75, 3.05) is 12.5 Å². The van der Waals surface area contributed by atoms with Crippen LogP contribution in [-0.2, 0) is 4.74 Å². The zero-order valence-corrected chi connectivity index (χ0v) is 10.1. The molecular formula is C10H12ClFN2O4. The maximum Gasteiger partial charge on any atom is 0.330 e. The molecule has 1 aliphatic heterocycles. The highest BCUT2D eigenvalue weighted by Gasteiger charge is 2.47. The molecule has 0 spiro atoms. The van der Waals surface area contributed by atoms with E-state index in [1.807, 2.05) is 4.98 Å². The fourth-order valence-corrected chi connectivity index (χ4v) is 2.18. The highest BCUT2D eigenvalue weighted by Crippen LogP contribution is 2.38. The van der Waals surface area contributed by atoms with Gasteiger partial charge in [0.25, 0.3) is 5.56 Å². The van der Waals surface area contributed by atoms with E-state index in [2.05, 4.69) is 0 Å². The molecule has 1 fully saturated rings. The Morgan fingerprint density at radius 2 is 2.39 bits per heavy atom. The molecule has 1 saturated heterocycles. The third-order valence-electron chi connectivity index (χ3n) is 2.90. The van der Waals surface area contributed by atoms with Gasteiger partial charge in [0.05, 0.1) is 12.5 Å². The number of ether oxygens (including phenoxy) is 1. The van der Waals surface area contributed by atoms with Gasteiger partial charge in [0, 0.05) is 18.7 Å². The molecule has 0 bridgehead atoms. The minimum Gasteiger partial charge on any atom is -0.393 e. The smallest absolute Gasteiger partial charge is 0.330 e. The number of aromatic amines is 1. The Morgan fingerprint density at radius 3 is 2.89 bits per heavy atom. The first-order valence-electron chi connectivity index (χ1n) is 5.31. The van der Waals surface area contributed by atoms with E-state index in [9.17, 15) is 19.1 Å². The Balaban J connectivity index is 2.35. The van der Waals surface area contributed by atoms with Gasteiger partial charge >= 0.3 is 5.69 Å². The van der Waals surface area contributed by atoms with Crippen LogP contribution in [0.1, 0.15) is 12.6 Å². The first-order valence-corrected chi connectivity index (χ1v) is 5.85. The Morgan fingerprint density at radius 1 is 1.67 bits per heavy atom. The number of hydrogen-bond acceptors (Lipinski definition) is 4. The van der Waals surface area contributed by atoms with Crippen molar-refractivity contribution in [3.05, 3.63) is 33.1 Å². The average molecular weight is 279 g/mol. The van der Waals surface area contributed by atoms with Crippen LogP contribution in [-0.4, -0.2) is 38.9 Å². The molecular weight excluding hydrogens is 267 g/mol. The van der Waals surface area contributed by atoms with E-state index in [-0.39, 0.29) is 12.3 Å². The van der Waals surface area contributed by atoms with Crippen molar-refractivity contribution in [1.82, 2.24) is 9.55 Å². The molecule has 0 aromatic carbocycles. The monoisotopic (exact) mass is 278 g/mol. The molecule has 2 N–H and O–H groups in total. The van der Waals surface area contributed by atoms with Gasteiger partial charge in [-0.1, -0.05) is 0 Å². The van der Waals surface area contributed by atoms with Gasteiger partial charge in [0.1, 0.15) is 11.8 Å². The number of hydrogen-bond donors (Lipinski definition) is 2. The lowest BCUT2D eigenvalue weighted by Gasteiger charge is -2.24. The zero-order valence-electron chi connectivity index (χ0n) is 9.31. The van der Waals surface area contributed by atoms with Gasteiger partial charge in [-0.25, -0.2) is 9.18 Å². The summed E-state index contributed by atoms with van der Waals surface area (Å²) in [5.41, 5.74) is -2.53. The van der Waals surface area contributed by atoms with Crippen LogP contribution in [0.5, 0.6) is 0 Å². The van der Waals surface area contributed by atoms with Crippen molar-refractivity contribution < 1.29 is 14.2 Å². The second kappa shape index (κ2) is 4.83. The quantitative estimate of drug-likeness (QED) is 0.748. The second-order valence-corrected chi connectivity index (χ2v) is 4.49. The van der Waals surface area contributed by atoms with E-state index < -0.39 is 35.9 Å². The van der Waals surface area contributed by atoms with Crippen LogP contribution in [0.25, 0.3) is 0 Å². The lowest BCUT2D eigenvalue weighted by atomic mass is 10.0. The van der Waals surface area contributed by atoms with Gasteiger partial charge < -0.3 is 9.84 Å². The van der Waals surface area contributed by atoms with Crippen molar-refractivity contribution in [2.45, 2.75) is 24.4 Å². The van der Waals surface area contributed by atoms with Crippen molar-refractivity contribution in [1.29, 1.82) is 0 Å². The first kappa shape index (κ1) is 13.3. The number of aromatic nitrogens is 2. The van der Waals surface area contributed by atoms with E-state index in [1.54, 1.807) is 0 Å². The highest BCUT2D eigenvalue weighted by molar-refractivity contribution is 6.18. The van der Waals surface area contributed by atoms with E-state index >= 15 is 0 Å². The number of alkyl halides is 2. The molecule has 18 heavy (non-hydrogen) atoms. The summed E-state index contributed by atoms with van der Waals surface area (Å²) in [4.78, 5) is 24.4. The molecule has 0 saturated carbocycles. The van der Waals surface area contributed by atoms with Gasteiger partial charge in [-0.05, 0) is 0 Å². The predicted molar refractivity (Wildman–Crippen MR) is 61.5 cm³/mol. The average Bonchev–Trinajstić information content (AvgIpc) is 2.67. The van der Waals surface area contributed by atoms with Crippen molar-refractivity contribution in [3.8, 4) is 0 Å². The number of rotatable bonds is 3. The lowest BCUT2D eigenvalue weighted by molar-refractivity contribution is -0.0932. The predicted octanol–water partition coefficient (Wildman–Crippen LogP) is -0.237. The van der Waals surface area contributed by atoms with Crippen molar-refractivity contribution in [3.63, 3.8) is 0 Å². The second-order valence-electron chi connectivity index (χ2n) is 4.22. The SMILES string of the molecule is O=c1ccn(C2OC(CO)(CCl)CC2F)c(=O)[nH]1. The standard InChI is InChI=1S/C10H12ClFN2O4/c11-4-10(5-15)3-6(12)8(18-10)14-2-1-7(16)13-9(14)17/h1-2,6,8,15H,3-5H2,(H,13,16,17). The lowest BCUT2D eigenvalue weighted by Crippen LogP contribution is -2.37. The van der Waals surface area contributed by atoms with Crippen LogP contribution in [0.3, 0.4) is 0 Å². The summed E-state index contributed by atoms with van der Waals surface area (Å²) in [6.45, 7) is -0.439. The number of halogens is 2. The van der Waals surface area contributed by atoms with Crippen LogP contribution in [0.2, 0.25) is 0 Å². The Bertz CT molecular complexity index is 539. The van der Waals surface area contributed by atoms with E-state index in [4.69, 9.17) is 16.3 Å². The van der Waals surface area contributed by atoms with Crippen LogP contribution >= 0.6 is 11.6 Å². The third-order valence-corrected chi connectivity index (χ3v) is 3.39. The molecule has 2 rings (SSSR count). The van der Waals surface area contributed by atoms with Crippen molar-refractivity contribution >= 4 is 11.6 Å². The number of aliphatic hydroxyl groups excluding tert-OH is 1. The molecule has 0 amide bonds. The zero-order chi connectivity index (χ0) is 13.3. The van der Waals surface area contributed by atoms with Gasteiger partial charge in [-0.3, -0.25) is 14.3 Å². The summed E-state index contributed by atoms with van der Waals surface area (Å²) in [5.74, 6) is -0.0848. The number of nitrogens with one attached hydrogen (secondary N) is 1. The molecule has 6 nitrogen and oxygen atoms in total. The van der Waals surface area contributed by atoms with Crippen molar-refractivity contribution in [2.24, 2.45) is 0 Å². The molecule has 1 aromatic heterocycles. The number of H-pyrrole nitrogens is 1. The fourth-order valence-electron chi connectivity index (χ4n) is 1.92. The number of nitrogens with zero attached hydrogens (tertiary/aromatic N) is 1. The summed E-state index contributed by atoms with van der Waals surface area (Å²) in [6, 6.07) is 1.09. The molecule has 3 unspecified atom stereocenters. The summed E-state index contributed by atoms with van der Waals surface area (Å²) >= 11 is 5.65. The van der Waals surface area contributed by atoms with Crippen LogP contribution in [0.4, 0.5) is 4.39 Å². The van der Waals surface area contributed by atoms with Crippen LogP contribution in [0.15, 0.2) is 21.9 Å². The molecule has 0 radical (unpaired) electrons. The highest BCUT2D eigenvalue weighted by atomic mass is 35.5. The summed E-state index contributed by atoms with van der Waals surface area (Å²) in [7, 11) is 0. The molecule has 8 heteroatoms. The third kappa shape index (κ3) is 2.21. The van der Waals surface area contributed by atoms with Crippen LogP contribution < -0.4 is 11.2 Å². The van der Waals surface area contributed by atoms with Gasteiger partial charge in [-0.2, -0.15) is 0 Å². The normalized spacial score (nSPS) is 31.7. The van der Waals surface area contributed by atoms with Gasteiger partial charge in [0.15, 0.2) is 6.23 Å². The largest absolute Gasteiger partial charge is 0.393 e. The first-order chi connectivity index (χ1) is 8.51. The topological polar surface area (TPSA) is 84.3 Å². The van der Waals surface area contributed by atoms with E-state index in [0.29, 0.717) is 0 Å². The Labute approximate surface area is 106 Å². The number of aliphatic hydroxyl groups is 1. The molecule has 3 atom stereocenters. The van der Waals surface area contributed by atoms with Gasteiger partial charge in [-0.15, -0.1) is 11.6 Å². The molecule has 2 heterocycles. The minimum atomic E-state index is -1.49. The Kier molecular flexibility index (Phi) is 3.56. The summed E-state index contributed by atoms with van der Waals surface area (Å²) in [5, 5.41) is 9.19. The summed E-state index contributed by atoms with van der Waals surface area (Å²) in [6.07, 6.45) is -1.64. The van der Waals surface area contributed by atoms with E-state index in [0.717, 1.165) is 16.8 Å². The maximum absolute atomic E-state index is 13.9. The molecule has 0 aliphatic carbocycles. The maximum atomic E-state index is 13.9. The molecule has 1 aliphatic rings. The van der Waals surface area contributed by atoms with Crippen LogP contribution in [0, 0.1) is 0 Å². The molecule has 1 aromatic rings. The van der Waals surface area contributed by atoms with E-state index in [1.165, 1.54) is 0 Å².